The summed E-state index contributed by atoms with van der Waals surface area (Å²) in [6, 6.07) is 7.91. The Labute approximate surface area is 193 Å². The third-order valence-electron chi connectivity index (χ3n) is 5.60. The third kappa shape index (κ3) is 6.48. The lowest BCUT2D eigenvalue weighted by molar-refractivity contribution is -0.147. The van der Waals surface area contributed by atoms with Gasteiger partial charge in [-0.1, -0.05) is 44.2 Å². The van der Waals surface area contributed by atoms with Crippen LogP contribution in [0.4, 0.5) is 0 Å². The minimum Gasteiger partial charge on any atom is -0.467 e. The Bertz CT molecular complexity index is 804. The Morgan fingerprint density at radius 3 is 2.44 bits per heavy atom. The maximum Gasteiger partial charge on any atom is 0.332 e. The highest BCUT2D eigenvalue weighted by molar-refractivity contribution is 7.98. The molecule has 32 heavy (non-hydrogen) atoms. The Kier molecular flexibility index (Phi) is 9.56. The molecular formula is C23H33N3O5S. The van der Waals surface area contributed by atoms with Crippen LogP contribution < -0.4 is 16.0 Å². The lowest BCUT2D eigenvalue weighted by Gasteiger charge is -2.26. The van der Waals surface area contributed by atoms with E-state index in [4.69, 9.17) is 4.74 Å². The van der Waals surface area contributed by atoms with E-state index >= 15 is 0 Å². The zero-order chi connectivity index (χ0) is 23.7. The molecule has 0 bridgehead atoms. The number of rotatable bonds is 13. The van der Waals surface area contributed by atoms with Gasteiger partial charge in [0.2, 0.25) is 18.2 Å². The van der Waals surface area contributed by atoms with Crippen molar-refractivity contribution in [2.24, 2.45) is 5.92 Å². The molecule has 1 aromatic rings. The highest BCUT2D eigenvalue weighted by atomic mass is 32.2. The van der Waals surface area contributed by atoms with E-state index in [0.29, 0.717) is 31.4 Å². The van der Waals surface area contributed by atoms with Crippen LogP contribution >= 0.6 is 11.8 Å². The number of esters is 1. The van der Waals surface area contributed by atoms with Crippen LogP contribution in [-0.2, 0) is 23.9 Å². The Morgan fingerprint density at radius 1 is 1.19 bits per heavy atom. The first kappa shape index (κ1) is 25.7. The summed E-state index contributed by atoms with van der Waals surface area (Å²) in [5, 5.41) is 8.16. The number of thioether (sulfide) groups is 1. The van der Waals surface area contributed by atoms with Gasteiger partial charge in [-0.2, -0.15) is 11.8 Å². The van der Waals surface area contributed by atoms with Crippen molar-refractivity contribution in [1.82, 2.24) is 16.0 Å². The minimum atomic E-state index is -1.15. The number of methoxy groups -OCH3 is 1. The summed E-state index contributed by atoms with van der Waals surface area (Å²) in [6.07, 6.45) is 3.67. The van der Waals surface area contributed by atoms with E-state index in [1.54, 1.807) is 11.8 Å². The smallest absolute Gasteiger partial charge is 0.332 e. The van der Waals surface area contributed by atoms with Crippen molar-refractivity contribution >= 4 is 36.0 Å². The second-order valence-corrected chi connectivity index (χ2v) is 9.41. The van der Waals surface area contributed by atoms with Crippen LogP contribution in [0.15, 0.2) is 30.3 Å². The summed E-state index contributed by atoms with van der Waals surface area (Å²) in [6.45, 7) is 3.89. The van der Waals surface area contributed by atoms with E-state index in [1.807, 2.05) is 50.4 Å². The molecule has 1 aliphatic carbocycles. The van der Waals surface area contributed by atoms with Gasteiger partial charge in [0.1, 0.15) is 17.6 Å². The van der Waals surface area contributed by atoms with Crippen molar-refractivity contribution in [2.45, 2.75) is 56.7 Å². The zero-order valence-electron chi connectivity index (χ0n) is 19.1. The van der Waals surface area contributed by atoms with Crippen LogP contribution in [0.3, 0.4) is 0 Å². The Hall–Kier alpha value is -2.55. The Morgan fingerprint density at radius 2 is 1.88 bits per heavy atom. The van der Waals surface area contributed by atoms with Crippen molar-refractivity contribution in [3.8, 4) is 0 Å². The largest absolute Gasteiger partial charge is 0.467 e. The molecule has 4 atom stereocenters. The lowest BCUT2D eigenvalue weighted by Crippen LogP contribution is -2.56. The quantitative estimate of drug-likeness (QED) is 0.303. The molecule has 0 spiro atoms. The average Bonchev–Trinajstić information content (AvgIpc) is 3.50. The molecule has 3 amide bonds. The molecule has 8 nitrogen and oxygen atoms in total. The van der Waals surface area contributed by atoms with E-state index in [0.717, 1.165) is 5.56 Å². The van der Waals surface area contributed by atoms with Gasteiger partial charge < -0.3 is 20.7 Å². The molecule has 1 aliphatic rings. The highest BCUT2D eigenvalue weighted by Crippen LogP contribution is 2.52. The number of hydrogen-bond donors (Lipinski definition) is 3. The van der Waals surface area contributed by atoms with E-state index in [2.05, 4.69) is 16.0 Å². The van der Waals surface area contributed by atoms with Gasteiger partial charge in [0.25, 0.3) is 0 Å². The van der Waals surface area contributed by atoms with Gasteiger partial charge in [-0.25, -0.2) is 4.79 Å². The van der Waals surface area contributed by atoms with Crippen LogP contribution in [0, 0.1) is 5.92 Å². The van der Waals surface area contributed by atoms with E-state index < -0.39 is 35.4 Å². The predicted molar refractivity (Wildman–Crippen MR) is 124 cm³/mol. The topological polar surface area (TPSA) is 114 Å². The summed E-state index contributed by atoms with van der Waals surface area (Å²) in [7, 11) is 1.30. The number of amides is 3. The summed E-state index contributed by atoms with van der Waals surface area (Å²) < 4.78 is 4.99. The first-order valence-electron chi connectivity index (χ1n) is 10.7. The SMILES string of the molecule is COC(=O)[C@]1(NC(=O)[C@H](CC(C)C)NC(=O)[C@H](CCSC)NC=O)C[C@@H]1c1ccccc1. The third-order valence-corrected chi connectivity index (χ3v) is 6.24. The van der Waals surface area contributed by atoms with Crippen molar-refractivity contribution in [2.75, 3.05) is 19.1 Å². The van der Waals surface area contributed by atoms with Gasteiger partial charge in [-0.3, -0.25) is 14.4 Å². The summed E-state index contributed by atoms with van der Waals surface area (Å²) in [4.78, 5) is 49.6. The standard InChI is InChI=1S/C23H33N3O5S/c1-15(2)12-19(25-20(28)18(24-14-27)10-11-32-4)21(29)26-23(22(30)31-3)13-17(23)16-8-6-5-7-9-16/h5-9,14-15,17-19H,10-13H2,1-4H3,(H,24,27)(H,25,28)(H,26,29)/t17-,18+,19+,23+/m1/s1. The molecule has 0 saturated heterocycles. The van der Waals surface area contributed by atoms with Crippen molar-refractivity contribution in [3.63, 3.8) is 0 Å². The average molecular weight is 464 g/mol. The van der Waals surface area contributed by atoms with Crippen molar-refractivity contribution in [3.05, 3.63) is 35.9 Å². The molecular weight excluding hydrogens is 430 g/mol. The molecule has 0 aliphatic heterocycles. The number of hydrogen-bond acceptors (Lipinski definition) is 6. The van der Waals surface area contributed by atoms with E-state index in [9.17, 15) is 19.2 Å². The fraction of sp³-hybridized carbons (Fsp3) is 0.565. The van der Waals surface area contributed by atoms with Crippen LogP contribution in [0.1, 0.15) is 44.6 Å². The first-order chi connectivity index (χ1) is 15.3. The van der Waals surface area contributed by atoms with Gasteiger partial charge in [-0.05, 0) is 42.8 Å². The number of ether oxygens (including phenoxy) is 1. The van der Waals surface area contributed by atoms with Crippen molar-refractivity contribution < 1.29 is 23.9 Å². The maximum atomic E-state index is 13.2. The monoisotopic (exact) mass is 463 g/mol. The van der Waals surface area contributed by atoms with Crippen molar-refractivity contribution in [1.29, 1.82) is 0 Å². The maximum absolute atomic E-state index is 13.2. The number of carbonyl (C=O) groups excluding carboxylic acids is 4. The van der Waals surface area contributed by atoms with Crippen LogP contribution in [-0.4, -0.2) is 60.9 Å². The summed E-state index contributed by atoms with van der Waals surface area (Å²) in [5.74, 6) is -0.756. The molecule has 0 unspecified atom stereocenters. The molecule has 1 aromatic carbocycles. The normalized spacial score (nSPS) is 21.2. The highest BCUT2D eigenvalue weighted by Gasteiger charge is 2.63. The molecule has 176 valence electrons. The van der Waals surface area contributed by atoms with Gasteiger partial charge in [0.05, 0.1) is 7.11 Å². The second kappa shape index (κ2) is 11.9. The molecule has 0 heterocycles. The molecule has 9 heteroatoms. The Balaban J connectivity index is 2.17. The summed E-state index contributed by atoms with van der Waals surface area (Å²) in [5.41, 5.74) is -0.207. The fourth-order valence-corrected chi connectivity index (χ4v) is 4.31. The number of nitrogens with one attached hydrogen (secondary N) is 3. The number of benzene rings is 1. The zero-order valence-corrected chi connectivity index (χ0v) is 19.9. The summed E-state index contributed by atoms with van der Waals surface area (Å²) >= 11 is 1.56. The minimum absolute atomic E-state index is 0.118. The van der Waals surface area contributed by atoms with E-state index in [-0.39, 0.29) is 11.8 Å². The van der Waals surface area contributed by atoms with Crippen LogP contribution in [0.5, 0.6) is 0 Å². The fourth-order valence-electron chi connectivity index (χ4n) is 3.84. The lowest BCUT2D eigenvalue weighted by atomic mass is 10.0. The molecule has 0 aromatic heterocycles. The van der Waals surface area contributed by atoms with Crippen LogP contribution in [0.2, 0.25) is 0 Å². The first-order valence-corrected chi connectivity index (χ1v) is 12.1. The molecule has 3 N–H and O–H groups in total. The molecule has 0 radical (unpaired) electrons. The number of carbonyl (C=O) groups is 4. The van der Waals surface area contributed by atoms with E-state index in [1.165, 1.54) is 7.11 Å². The molecule has 2 rings (SSSR count). The second-order valence-electron chi connectivity index (χ2n) is 8.43. The van der Waals surface area contributed by atoms with Gasteiger partial charge in [0.15, 0.2) is 0 Å². The van der Waals surface area contributed by atoms with Gasteiger partial charge >= 0.3 is 5.97 Å². The van der Waals surface area contributed by atoms with Gasteiger partial charge in [-0.15, -0.1) is 0 Å². The predicted octanol–water partition coefficient (Wildman–Crippen LogP) is 1.60. The van der Waals surface area contributed by atoms with Gasteiger partial charge in [0, 0.05) is 5.92 Å². The van der Waals surface area contributed by atoms with Crippen LogP contribution in [0.25, 0.3) is 0 Å². The molecule has 1 fully saturated rings. The molecule has 1 saturated carbocycles.